The van der Waals surface area contributed by atoms with E-state index in [1.165, 1.54) is 11.3 Å². The number of ether oxygens (including phenoxy) is 1. The molecular weight excluding hydrogens is 501 g/mol. The zero-order valence-electron chi connectivity index (χ0n) is 16.7. The van der Waals surface area contributed by atoms with E-state index in [0.717, 1.165) is 57.3 Å². The first-order chi connectivity index (χ1) is 13.7. The van der Waals surface area contributed by atoms with Gasteiger partial charge in [-0.15, -0.1) is 24.0 Å². The maximum absolute atomic E-state index is 5.83. The molecule has 0 aliphatic carbocycles. The van der Waals surface area contributed by atoms with Crippen LogP contribution in [0.4, 0.5) is 5.69 Å². The van der Waals surface area contributed by atoms with Gasteiger partial charge in [0.15, 0.2) is 5.96 Å². The van der Waals surface area contributed by atoms with Gasteiger partial charge in [0.05, 0.1) is 19.8 Å². The summed E-state index contributed by atoms with van der Waals surface area (Å²) in [5.74, 6) is 0.821. The maximum atomic E-state index is 5.83. The normalized spacial score (nSPS) is 14.3. The molecule has 1 aromatic carbocycles. The largest absolute Gasteiger partial charge is 0.378 e. The van der Waals surface area contributed by atoms with Gasteiger partial charge in [-0.2, -0.15) is 0 Å². The lowest BCUT2D eigenvalue weighted by Crippen LogP contribution is -2.38. The summed E-state index contributed by atoms with van der Waals surface area (Å²) in [4.78, 5) is 11.2. The smallest absolute Gasteiger partial charge is 0.191 e. The highest BCUT2D eigenvalue weighted by atomic mass is 127. The number of guanidine groups is 1. The van der Waals surface area contributed by atoms with Gasteiger partial charge in [0.2, 0.25) is 0 Å². The molecule has 2 aromatic rings. The second-order valence-electron chi connectivity index (χ2n) is 6.63. The molecule has 6 nitrogen and oxygen atoms in total. The molecule has 0 atom stereocenters. The number of pyridine rings is 1. The van der Waals surface area contributed by atoms with E-state index in [1.54, 1.807) is 0 Å². The summed E-state index contributed by atoms with van der Waals surface area (Å²) in [6, 6.07) is 12.5. The van der Waals surface area contributed by atoms with Crippen molar-refractivity contribution in [1.82, 2.24) is 15.6 Å². The first-order valence-electron chi connectivity index (χ1n) is 9.79. The average molecular weight is 530 g/mol. The van der Waals surface area contributed by atoms with Crippen LogP contribution >= 0.6 is 35.6 Å². The van der Waals surface area contributed by atoms with Gasteiger partial charge in [-0.25, -0.2) is 9.98 Å². The number of halogens is 2. The minimum atomic E-state index is 0. The van der Waals surface area contributed by atoms with E-state index in [2.05, 4.69) is 51.7 Å². The molecule has 0 bridgehead atoms. The van der Waals surface area contributed by atoms with E-state index in [9.17, 15) is 0 Å². The summed E-state index contributed by atoms with van der Waals surface area (Å²) < 4.78 is 5.42. The molecule has 1 fully saturated rings. The molecule has 29 heavy (non-hydrogen) atoms. The number of hydrogen-bond donors (Lipinski definition) is 2. The Balaban J connectivity index is 0.00000300. The lowest BCUT2D eigenvalue weighted by molar-refractivity contribution is 0.122. The molecular formula is C21H29ClIN5O. The van der Waals surface area contributed by atoms with Crippen molar-refractivity contribution in [1.29, 1.82) is 0 Å². The number of nitrogens with zero attached hydrogens (tertiary/aromatic N) is 3. The van der Waals surface area contributed by atoms with Gasteiger partial charge in [0.1, 0.15) is 5.15 Å². The van der Waals surface area contributed by atoms with E-state index in [-0.39, 0.29) is 24.0 Å². The molecule has 1 saturated heterocycles. The van der Waals surface area contributed by atoms with Crippen molar-refractivity contribution in [3.63, 3.8) is 0 Å². The van der Waals surface area contributed by atoms with Crippen LogP contribution in [0.3, 0.4) is 0 Å². The maximum Gasteiger partial charge on any atom is 0.191 e. The lowest BCUT2D eigenvalue weighted by atomic mass is 10.2. The number of nitrogens with one attached hydrogen (secondary N) is 2. The zero-order valence-corrected chi connectivity index (χ0v) is 19.8. The van der Waals surface area contributed by atoms with Crippen molar-refractivity contribution >= 4 is 47.2 Å². The quantitative estimate of drug-likeness (QED) is 0.249. The third-order valence-electron chi connectivity index (χ3n) is 4.57. The molecule has 0 unspecified atom stereocenters. The van der Waals surface area contributed by atoms with Crippen LogP contribution in [-0.4, -0.2) is 50.3 Å². The van der Waals surface area contributed by atoms with Crippen molar-refractivity contribution in [2.75, 3.05) is 44.3 Å². The topological polar surface area (TPSA) is 61.8 Å². The van der Waals surface area contributed by atoms with Crippen LogP contribution in [0.2, 0.25) is 5.15 Å². The van der Waals surface area contributed by atoms with Crippen molar-refractivity contribution < 1.29 is 4.74 Å². The summed E-state index contributed by atoms with van der Waals surface area (Å²) in [7, 11) is 0. The molecule has 0 radical (unpaired) electrons. The monoisotopic (exact) mass is 529 g/mol. The average Bonchev–Trinajstić information content (AvgIpc) is 2.74. The molecule has 1 aromatic heterocycles. The summed E-state index contributed by atoms with van der Waals surface area (Å²) in [6.07, 6.45) is 2.67. The first kappa shape index (κ1) is 23.7. The molecule has 1 aliphatic rings. The van der Waals surface area contributed by atoms with Gasteiger partial charge in [0.25, 0.3) is 0 Å². The molecule has 0 amide bonds. The van der Waals surface area contributed by atoms with Crippen LogP contribution in [0.5, 0.6) is 0 Å². The Bertz CT molecular complexity index is 749. The van der Waals surface area contributed by atoms with Gasteiger partial charge in [0, 0.05) is 38.1 Å². The second-order valence-corrected chi connectivity index (χ2v) is 7.01. The predicted molar refractivity (Wildman–Crippen MR) is 131 cm³/mol. The van der Waals surface area contributed by atoms with Crippen molar-refractivity contribution in [3.8, 4) is 0 Å². The molecule has 1 aliphatic heterocycles. The van der Waals surface area contributed by atoms with Crippen LogP contribution in [-0.2, 0) is 17.7 Å². The van der Waals surface area contributed by atoms with Gasteiger partial charge >= 0.3 is 0 Å². The van der Waals surface area contributed by atoms with Gasteiger partial charge in [-0.1, -0.05) is 29.8 Å². The fraction of sp³-hybridized carbons (Fsp3) is 0.429. The van der Waals surface area contributed by atoms with Crippen molar-refractivity contribution in [3.05, 3.63) is 58.9 Å². The Hall–Kier alpha value is -1.58. The van der Waals surface area contributed by atoms with Gasteiger partial charge in [-0.05, 0) is 42.7 Å². The van der Waals surface area contributed by atoms with E-state index >= 15 is 0 Å². The SMILES string of the molecule is CCNC(=NCc1ccc(N2CCOCC2)cc1)NCCc1ccc(Cl)nc1.I. The van der Waals surface area contributed by atoms with Crippen LogP contribution in [0.1, 0.15) is 18.1 Å². The number of aliphatic imine (C=N–C) groups is 1. The highest BCUT2D eigenvalue weighted by molar-refractivity contribution is 14.0. The number of morpholine rings is 1. The molecule has 0 saturated carbocycles. The van der Waals surface area contributed by atoms with E-state index < -0.39 is 0 Å². The van der Waals surface area contributed by atoms with E-state index in [4.69, 9.17) is 21.3 Å². The van der Waals surface area contributed by atoms with Crippen molar-refractivity contribution in [2.45, 2.75) is 19.9 Å². The summed E-state index contributed by atoms with van der Waals surface area (Å²) in [6.45, 7) is 7.82. The molecule has 8 heteroatoms. The fourth-order valence-electron chi connectivity index (χ4n) is 3.03. The van der Waals surface area contributed by atoms with Crippen LogP contribution in [0.25, 0.3) is 0 Å². The first-order valence-corrected chi connectivity index (χ1v) is 10.2. The fourth-order valence-corrected chi connectivity index (χ4v) is 3.14. The third kappa shape index (κ3) is 7.98. The summed E-state index contributed by atoms with van der Waals surface area (Å²) in [5.41, 5.74) is 3.58. The van der Waals surface area contributed by atoms with Crippen LogP contribution in [0, 0.1) is 0 Å². The zero-order chi connectivity index (χ0) is 19.6. The number of benzene rings is 1. The molecule has 3 rings (SSSR count). The standard InChI is InChI=1S/C21H28ClN5O.HI/c1-2-23-21(24-10-9-18-5-8-20(22)25-15-18)26-16-17-3-6-19(7-4-17)27-11-13-28-14-12-27;/h3-8,15H,2,9-14,16H2,1H3,(H2,23,24,26);1H. The molecule has 158 valence electrons. The molecule has 2 heterocycles. The van der Waals surface area contributed by atoms with E-state index in [1.807, 2.05) is 18.3 Å². The van der Waals surface area contributed by atoms with Gasteiger partial charge in [-0.3, -0.25) is 0 Å². The number of rotatable bonds is 7. The van der Waals surface area contributed by atoms with Crippen LogP contribution < -0.4 is 15.5 Å². The van der Waals surface area contributed by atoms with Crippen molar-refractivity contribution in [2.24, 2.45) is 4.99 Å². The Morgan fingerprint density at radius 1 is 1.10 bits per heavy atom. The minimum absolute atomic E-state index is 0. The Morgan fingerprint density at radius 2 is 1.83 bits per heavy atom. The Morgan fingerprint density at radius 3 is 2.48 bits per heavy atom. The van der Waals surface area contributed by atoms with Gasteiger partial charge < -0.3 is 20.3 Å². The Kier molecular flexibility index (Phi) is 10.5. The predicted octanol–water partition coefficient (Wildman–Crippen LogP) is 3.49. The third-order valence-corrected chi connectivity index (χ3v) is 4.79. The molecule has 2 N–H and O–H groups in total. The second kappa shape index (κ2) is 12.9. The summed E-state index contributed by atoms with van der Waals surface area (Å²) in [5, 5.41) is 7.18. The number of hydrogen-bond acceptors (Lipinski definition) is 4. The number of aromatic nitrogens is 1. The lowest BCUT2D eigenvalue weighted by Gasteiger charge is -2.28. The minimum Gasteiger partial charge on any atom is -0.378 e. The Labute approximate surface area is 195 Å². The highest BCUT2D eigenvalue weighted by Gasteiger charge is 2.10. The highest BCUT2D eigenvalue weighted by Crippen LogP contribution is 2.17. The number of anilines is 1. The van der Waals surface area contributed by atoms with E-state index in [0.29, 0.717) is 11.7 Å². The molecule has 0 spiro atoms. The summed E-state index contributed by atoms with van der Waals surface area (Å²) >= 11 is 5.83. The van der Waals surface area contributed by atoms with Crippen LogP contribution in [0.15, 0.2) is 47.6 Å².